The predicted octanol–water partition coefficient (Wildman–Crippen LogP) is 3.21. The maximum atomic E-state index is 12.6. The van der Waals surface area contributed by atoms with Crippen LogP contribution in [-0.2, 0) is 21.3 Å². The minimum absolute atomic E-state index is 0. The van der Waals surface area contributed by atoms with Gasteiger partial charge in [-0.1, -0.05) is 31.0 Å². The molecule has 0 atom stereocenters. The van der Waals surface area contributed by atoms with Gasteiger partial charge in [0.15, 0.2) is 5.96 Å². The van der Waals surface area contributed by atoms with Gasteiger partial charge >= 0.3 is 0 Å². The highest BCUT2D eigenvalue weighted by molar-refractivity contribution is 14.0. The summed E-state index contributed by atoms with van der Waals surface area (Å²) in [6, 6.07) is 7.07. The monoisotopic (exact) mass is 552 g/mol. The molecule has 30 heavy (non-hydrogen) atoms. The van der Waals surface area contributed by atoms with E-state index in [9.17, 15) is 8.42 Å². The molecule has 1 aromatic rings. The van der Waals surface area contributed by atoms with E-state index in [1.807, 2.05) is 19.1 Å². The molecule has 0 radical (unpaired) electrons. The van der Waals surface area contributed by atoms with Crippen molar-refractivity contribution >= 4 is 40.0 Å². The number of benzene rings is 1. The summed E-state index contributed by atoms with van der Waals surface area (Å²) >= 11 is 0. The second-order valence-corrected chi connectivity index (χ2v) is 9.95. The zero-order chi connectivity index (χ0) is 21.3. The lowest BCUT2D eigenvalue weighted by Gasteiger charge is -2.30. The van der Waals surface area contributed by atoms with Crippen molar-refractivity contribution in [3.05, 3.63) is 29.8 Å². The molecule has 0 amide bonds. The Morgan fingerprint density at radius 3 is 2.47 bits per heavy atom. The second kappa shape index (κ2) is 12.8. The molecule has 1 fully saturated rings. The zero-order valence-electron chi connectivity index (χ0n) is 18.6. The standard InChI is InChI=1S/C21H36N4O3S.HI/c1-5-28-15-14-21(12-8-9-13-21)17-24-20(22-2)23-16-18-10-6-7-11-19(18)29(26,27)25(3)4;/h6-7,10-11H,5,8-9,12-17H2,1-4H3,(H2,22,23,24);1H. The van der Waals surface area contributed by atoms with Crippen molar-refractivity contribution in [3.8, 4) is 0 Å². The summed E-state index contributed by atoms with van der Waals surface area (Å²) in [5.41, 5.74) is 0.968. The lowest BCUT2D eigenvalue weighted by molar-refractivity contribution is 0.105. The Morgan fingerprint density at radius 1 is 1.20 bits per heavy atom. The van der Waals surface area contributed by atoms with Crippen LogP contribution in [0.1, 0.15) is 44.6 Å². The summed E-state index contributed by atoms with van der Waals surface area (Å²) in [5.74, 6) is 0.685. The Bertz CT molecular complexity index is 778. The van der Waals surface area contributed by atoms with Gasteiger partial charge in [-0.15, -0.1) is 24.0 Å². The molecule has 1 aromatic carbocycles. The fourth-order valence-corrected chi connectivity index (χ4v) is 4.96. The van der Waals surface area contributed by atoms with Gasteiger partial charge in [0.2, 0.25) is 10.0 Å². The lowest BCUT2D eigenvalue weighted by Crippen LogP contribution is -2.43. The number of aliphatic imine (C=N–C) groups is 1. The van der Waals surface area contributed by atoms with Crippen LogP contribution in [0.5, 0.6) is 0 Å². The van der Waals surface area contributed by atoms with E-state index in [0.29, 0.717) is 17.4 Å². The Labute approximate surface area is 199 Å². The SMILES string of the molecule is CCOCCC1(CNC(=NC)NCc2ccccc2S(=O)(=O)N(C)C)CCCC1.I. The van der Waals surface area contributed by atoms with Crippen LogP contribution in [0.2, 0.25) is 0 Å². The summed E-state index contributed by atoms with van der Waals surface area (Å²) in [6.45, 7) is 4.80. The molecule has 0 bridgehead atoms. The van der Waals surface area contributed by atoms with E-state index in [1.54, 1.807) is 33.3 Å². The maximum Gasteiger partial charge on any atom is 0.242 e. The predicted molar refractivity (Wildman–Crippen MR) is 133 cm³/mol. The Balaban J connectivity index is 0.00000450. The number of nitrogens with one attached hydrogen (secondary N) is 2. The molecule has 0 spiro atoms. The Kier molecular flexibility index (Phi) is 11.6. The van der Waals surface area contributed by atoms with E-state index in [1.165, 1.54) is 30.0 Å². The minimum atomic E-state index is -3.49. The molecule has 1 aliphatic carbocycles. The first-order valence-electron chi connectivity index (χ1n) is 10.4. The molecule has 0 unspecified atom stereocenters. The topological polar surface area (TPSA) is 83.0 Å². The second-order valence-electron chi connectivity index (χ2n) is 7.83. The quantitative estimate of drug-likeness (QED) is 0.202. The van der Waals surface area contributed by atoms with E-state index in [-0.39, 0.29) is 29.4 Å². The van der Waals surface area contributed by atoms with E-state index < -0.39 is 10.0 Å². The molecular weight excluding hydrogens is 515 g/mol. The summed E-state index contributed by atoms with van der Waals surface area (Å²) in [6.07, 6.45) is 5.97. The largest absolute Gasteiger partial charge is 0.382 e. The van der Waals surface area contributed by atoms with Gasteiger partial charge < -0.3 is 15.4 Å². The summed E-state index contributed by atoms with van der Waals surface area (Å²) in [7, 11) is 1.33. The highest BCUT2D eigenvalue weighted by atomic mass is 127. The molecule has 0 heterocycles. The van der Waals surface area contributed by atoms with Crippen molar-refractivity contribution in [1.29, 1.82) is 0 Å². The first-order chi connectivity index (χ1) is 13.8. The van der Waals surface area contributed by atoms with Gasteiger partial charge in [0.05, 0.1) is 4.90 Å². The molecule has 172 valence electrons. The van der Waals surface area contributed by atoms with Crippen LogP contribution >= 0.6 is 24.0 Å². The van der Waals surface area contributed by atoms with Crippen molar-refractivity contribution in [1.82, 2.24) is 14.9 Å². The third-order valence-electron chi connectivity index (χ3n) is 5.68. The van der Waals surface area contributed by atoms with Crippen LogP contribution in [0.15, 0.2) is 34.2 Å². The highest BCUT2D eigenvalue weighted by Crippen LogP contribution is 2.40. The molecular formula is C21H37IN4O3S. The average Bonchev–Trinajstić information content (AvgIpc) is 3.17. The van der Waals surface area contributed by atoms with Gasteiger partial charge in [0, 0.05) is 47.4 Å². The number of rotatable bonds is 10. The molecule has 0 aliphatic heterocycles. The number of guanidine groups is 1. The number of sulfonamides is 1. The van der Waals surface area contributed by atoms with Crippen molar-refractivity contribution in [2.75, 3.05) is 40.9 Å². The maximum absolute atomic E-state index is 12.6. The smallest absolute Gasteiger partial charge is 0.242 e. The number of halogens is 1. The van der Waals surface area contributed by atoms with Crippen molar-refractivity contribution in [2.45, 2.75) is 50.5 Å². The van der Waals surface area contributed by atoms with Crippen LogP contribution in [-0.4, -0.2) is 59.6 Å². The number of nitrogens with zero attached hydrogens (tertiary/aromatic N) is 2. The molecule has 7 nitrogen and oxygen atoms in total. The lowest BCUT2D eigenvalue weighted by atomic mass is 9.83. The van der Waals surface area contributed by atoms with Gasteiger partial charge in [-0.25, -0.2) is 12.7 Å². The Hall–Kier alpha value is -0.910. The highest BCUT2D eigenvalue weighted by Gasteiger charge is 2.33. The fourth-order valence-electron chi connectivity index (χ4n) is 3.84. The molecule has 0 saturated heterocycles. The molecule has 2 rings (SSSR count). The van der Waals surface area contributed by atoms with Gasteiger partial charge in [-0.3, -0.25) is 4.99 Å². The first kappa shape index (κ1) is 27.1. The molecule has 1 aliphatic rings. The third kappa shape index (κ3) is 7.35. The Morgan fingerprint density at radius 2 is 1.87 bits per heavy atom. The van der Waals surface area contributed by atoms with Gasteiger partial charge in [-0.05, 0) is 43.2 Å². The number of ether oxygens (including phenoxy) is 1. The van der Waals surface area contributed by atoms with E-state index >= 15 is 0 Å². The molecule has 0 aromatic heterocycles. The molecule has 9 heteroatoms. The molecule has 2 N–H and O–H groups in total. The summed E-state index contributed by atoms with van der Waals surface area (Å²) in [4.78, 5) is 4.64. The van der Waals surface area contributed by atoms with Crippen LogP contribution in [0.3, 0.4) is 0 Å². The van der Waals surface area contributed by atoms with E-state index in [0.717, 1.165) is 31.7 Å². The number of hydrogen-bond donors (Lipinski definition) is 2. The summed E-state index contributed by atoms with van der Waals surface area (Å²) in [5, 5.41) is 6.72. The zero-order valence-corrected chi connectivity index (χ0v) is 21.8. The van der Waals surface area contributed by atoms with Gasteiger partial charge in [-0.2, -0.15) is 0 Å². The van der Waals surface area contributed by atoms with Crippen LogP contribution < -0.4 is 10.6 Å². The van der Waals surface area contributed by atoms with Gasteiger partial charge in [0.25, 0.3) is 0 Å². The number of hydrogen-bond acceptors (Lipinski definition) is 4. The normalized spacial score (nSPS) is 16.4. The van der Waals surface area contributed by atoms with Crippen LogP contribution in [0.25, 0.3) is 0 Å². The van der Waals surface area contributed by atoms with Crippen LogP contribution in [0, 0.1) is 5.41 Å². The molecule has 1 saturated carbocycles. The minimum Gasteiger partial charge on any atom is -0.382 e. The van der Waals surface area contributed by atoms with Crippen molar-refractivity contribution in [3.63, 3.8) is 0 Å². The average molecular weight is 553 g/mol. The third-order valence-corrected chi connectivity index (χ3v) is 7.59. The van der Waals surface area contributed by atoms with E-state index in [2.05, 4.69) is 15.6 Å². The van der Waals surface area contributed by atoms with E-state index in [4.69, 9.17) is 4.74 Å². The van der Waals surface area contributed by atoms with Crippen molar-refractivity contribution in [2.24, 2.45) is 10.4 Å². The van der Waals surface area contributed by atoms with Crippen molar-refractivity contribution < 1.29 is 13.2 Å². The summed E-state index contributed by atoms with van der Waals surface area (Å²) < 4.78 is 32.0. The van der Waals surface area contributed by atoms with Gasteiger partial charge in [0.1, 0.15) is 0 Å². The fraction of sp³-hybridized carbons (Fsp3) is 0.667. The first-order valence-corrected chi connectivity index (χ1v) is 11.8. The van der Waals surface area contributed by atoms with Crippen LogP contribution in [0.4, 0.5) is 0 Å².